The molecule has 0 heterocycles. The quantitative estimate of drug-likeness (QED) is 0.342. The zero-order valence-electron chi connectivity index (χ0n) is 12.4. The number of para-hydroxylation sites is 1. The van der Waals surface area contributed by atoms with Crippen molar-refractivity contribution in [2.75, 3.05) is 4.72 Å². The van der Waals surface area contributed by atoms with E-state index in [-0.39, 0.29) is 4.90 Å². The lowest BCUT2D eigenvalue weighted by Crippen LogP contribution is -2.14. The van der Waals surface area contributed by atoms with E-state index in [1.165, 1.54) is 23.7 Å². The summed E-state index contributed by atoms with van der Waals surface area (Å²) < 4.78 is 27.2. The normalized spacial score (nSPS) is 10.7. The van der Waals surface area contributed by atoms with Crippen molar-refractivity contribution in [1.82, 2.24) is 5.48 Å². The predicted octanol–water partition coefficient (Wildman–Crippen LogP) is 1.90. The molecule has 0 atom stereocenters. The van der Waals surface area contributed by atoms with Crippen LogP contribution < -0.4 is 10.2 Å². The number of hydrogen-bond donors (Lipinski definition) is 3. The summed E-state index contributed by atoms with van der Waals surface area (Å²) in [7, 11) is -3.72. The van der Waals surface area contributed by atoms with Crippen LogP contribution in [0.3, 0.4) is 0 Å². The molecule has 0 saturated heterocycles. The Labute approximate surface area is 139 Å². The number of rotatable bonds is 4. The Kier molecular flexibility index (Phi) is 5.73. The van der Waals surface area contributed by atoms with Crippen LogP contribution in [0.25, 0.3) is 0 Å². The molecular formula is C17H14N2O4S. The number of amides is 1. The van der Waals surface area contributed by atoms with E-state index in [1.54, 1.807) is 42.5 Å². The maximum Gasteiger partial charge on any atom is 0.267 e. The van der Waals surface area contributed by atoms with Gasteiger partial charge in [-0.25, -0.2) is 13.9 Å². The summed E-state index contributed by atoms with van der Waals surface area (Å²) in [5.74, 6) is 4.59. The third-order valence-electron chi connectivity index (χ3n) is 2.82. The molecule has 0 saturated carbocycles. The van der Waals surface area contributed by atoms with E-state index in [0.29, 0.717) is 11.3 Å². The Hall–Kier alpha value is -3.08. The molecule has 1 amide bonds. The molecule has 7 heteroatoms. The molecule has 2 aromatic carbocycles. The highest BCUT2D eigenvalue weighted by molar-refractivity contribution is 7.92. The zero-order valence-corrected chi connectivity index (χ0v) is 13.2. The molecule has 24 heavy (non-hydrogen) atoms. The molecule has 0 aliphatic carbocycles. The predicted molar refractivity (Wildman–Crippen MR) is 89.6 cm³/mol. The van der Waals surface area contributed by atoms with Gasteiger partial charge in [0.25, 0.3) is 15.9 Å². The summed E-state index contributed by atoms with van der Waals surface area (Å²) in [6.45, 7) is 0. The standard InChI is InChI=1S/C17H14N2O4S/c20-17(18-21)12-5-4-7-14-8-6-11-16(13-14)24(22,23)19-15-9-2-1-3-10-15/h1-3,5-6,8-13,19,21H,(H,18,20). The van der Waals surface area contributed by atoms with Gasteiger partial charge in [-0.2, -0.15) is 0 Å². The number of nitrogens with one attached hydrogen (secondary N) is 2. The largest absolute Gasteiger partial charge is 0.288 e. The van der Waals surface area contributed by atoms with E-state index in [1.807, 2.05) is 0 Å². The molecule has 0 fully saturated rings. The van der Waals surface area contributed by atoms with Crippen LogP contribution in [0.2, 0.25) is 0 Å². The van der Waals surface area contributed by atoms with E-state index >= 15 is 0 Å². The second kappa shape index (κ2) is 7.97. The molecule has 0 aliphatic heterocycles. The fraction of sp³-hybridized carbons (Fsp3) is 0. The Morgan fingerprint density at radius 1 is 1.08 bits per heavy atom. The number of allylic oxidation sites excluding steroid dienone is 1. The van der Waals surface area contributed by atoms with Gasteiger partial charge in [0.1, 0.15) is 0 Å². The lowest BCUT2D eigenvalue weighted by molar-refractivity contribution is -0.124. The van der Waals surface area contributed by atoms with Gasteiger partial charge in [0.2, 0.25) is 0 Å². The summed E-state index contributed by atoms with van der Waals surface area (Å²) in [5, 5.41) is 8.33. The first-order valence-electron chi connectivity index (χ1n) is 6.81. The van der Waals surface area contributed by atoms with E-state index in [4.69, 9.17) is 5.21 Å². The SMILES string of the molecule is O=C(C=CC#Cc1cccc(S(=O)(=O)Nc2ccccc2)c1)NO. The maximum absolute atomic E-state index is 12.4. The van der Waals surface area contributed by atoms with Gasteiger partial charge in [-0.1, -0.05) is 36.1 Å². The van der Waals surface area contributed by atoms with Crippen molar-refractivity contribution in [3.63, 3.8) is 0 Å². The second-order valence-electron chi connectivity index (χ2n) is 4.58. The maximum atomic E-state index is 12.4. The average molecular weight is 342 g/mol. The molecule has 6 nitrogen and oxygen atoms in total. The summed E-state index contributed by atoms with van der Waals surface area (Å²) in [6.07, 6.45) is 2.29. The number of carbonyl (C=O) groups is 1. The van der Waals surface area contributed by atoms with E-state index in [0.717, 1.165) is 6.08 Å². The van der Waals surface area contributed by atoms with Crippen LogP contribution in [-0.4, -0.2) is 19.5 Å². The van der Waals surface area contributed by atoms with Crippen molar-refractivity contribution in [2.45, 2.75) is 4.90 Å². The van der Waals surface area contributed by atoms with Gasteiger partial charge in [0.05, 0.1) is 4.90 Å². The zero-order chi connectivity index (χ0) is 17.4. The molecule has 0 aliphatic rings. The summed E-state index contributed by atoms with van der Waals surface area (Å²) >= 11 is 0. The van der Waals surface area contributed by atoms with Gasteiger partial charge in [-0.15, -0.1) is 0 Å². The van der Waals surface area contributed by atoms with Crippen LogP contribution in [0.15, 0.2) is 71.6 Å². The number of anilines is 1. The van der Waals surface area contributed by atoms with Crippen molar-refractivity contribution < 1.29 is 18.4 Å². The van der Waals surface area contributed by atoms with Crippen LogP contribution in [-0.2, 0) is 14.8 Å². The Morgan fingerprint density at radius 3 is 2.54 bits per heavy atom. The summed E-state index contributed by atoms with van der Waals surface area (Å²) in [6, 6.07) is 14.7. The van der Waals surface area contributed by atoms with Crippen molar-refractivity contribution in [3.05, 3.63) is 72.3 Å². The third kappa shape index (κ3) is 4.98. The first kappa shape index (κ1) is 17.3. The van der Waals surface area contributed by atoms with Crippen LogP contribution in [0.5, 0.6) is 0 Å². The van der Waals surface area contributed by atoms with Gasteiger partial charge in [-0.3, -0.25) is 14.7 Å². The Balaban J connectivity index is 2.19. The van der Waals surface area contributed by atoms with Crippen LogP contribution in [0.1, 0.15) is 5.56 Å². The smallest absolute Gasteiger partial charge is 0.267 e. The minimum atomic E-state index is -3.72. The highest BCUT2D eigenvalue weighted by atomic mass is 32.2. The molecule has 0 unspecified atom stereocenters. The first-order chi connectivity index (χ1) is 11.5. The number of carbonyl (C=O) groups excluding carboxylic acids is 1. The van der Waals surface area contributed by atoms with E-state index < -0.39 is 15.9 Å². The van der Waals surface area contributed by atoms with Gasteiger partial charge >= 0.3 is 0 Å². The van der Waals surface area contributed by atoms with Gasteiger partial charge in [0, 0.05) is 17.3 Å². The highest BCUT2D eigenvalue weighted by Gasteiger charge is 2.13. The summed E-state index contributed by atoms with van der Waals surface area (Å²) in [4.78, 5) is 10.9. The van der Waals surface area contributed by atoms with Crippen molar-refractivity contribution in [1.29, 1.82) is 0 Å². The van der Waals surface area contributed by atoms with Crippen molar-refractivity contribution in [2.24, 2.45) is 0 Å². The summed E-state index contributed by atoms with van der Waals surface area (Å²) in [5.41, 5.74) is 2.37. The Bertz CT molecular complexity index is 910. The monoisotopic (exact) mass is 342 g/mol. The van der Waals surface area contributed by atoms with E-state index in [2.05, 4.69) is 16.6 Å². The molecular weight excluding hydrogens is 328 g/mol. The number of sulfonamides is 1. The molecule has 0 aromatic heterocycles. The number of benzene rings is 2. The van der Waals surface area contributed by atoms with Crippen molar-refractivity contribution >= 4 is 21.6 Å². The fourth-order valence-corrected chi connectivity index (χ4v) is 2.84. The average Bonchev–Trinajstić information content (AvgIpc) is 2.59. The molecule has 122 valence electrons. The highest BCUT2D eigenvalue weighted by Crippen LogP contribution is 2.16. The lowest BCUT2D eigenvalue weighted by Gasteiger charge is -2.08. The number of hydroxylamine groups is 1. The fourth-order valence-electron chi connectivity index (χ4n) is 1.74. The van der Waals surface area contributed by atoms with Crippen LogP contribution in [0, 0.1) is 11.8 Å². The van der Waals surface area contributed by atoms with Gasteiger partial charge in [-0.05, 0) is 36.4 Å². The van der Waals surface area contributed by atoms with Gasteiger partial charge in [0.15, 0.2) is 0 Å². The second-order valence-corrected chi connectivity index (χ2v) is 6.26. The topological polar surface area (TPSA) is 95.5 Å². The van der Waals surface area contributed by atoms with Crippen molar-refractivity contribution in [3.8, 4) is 11.8 Å². The molecule has 0 radical (unpaired) electrons. The third-order valence-corrected chi connectivity index (χ3v) is 4.19. The number of hydrogen-bond acceptors (Lipinski definition) is 4. The minimum absolute atomic E-state index is 0.0789. The molecule has 2 rings (SSSR count). The molecule has 3 N–H and O–H groups in total. The van der Waals surface area contributed by atoms with Crippen LogP contribution >= 0.6 is 0 Å². The molecule has 2 aromatic rings. The molecule has 0 spiro atoms. The van der Waals surface area contributed by atoms with Gasteiger partial charge < -0.3 is 0 Å². The molecule has 0 bridgehead atoms. The first-order valence-corrected chi connectivity index (χ1v) is 8.30. The lowest BCUT2D eigenvalue weighted by atomic mass is 10.2. The Morgan fingerprint density at radius 2 is 1.83 bits per heavy atom. The van der Waals surface area contributed by atoms with E-state index in [9.17, 15) is 13.2 Å². The van der Waals surface area contributed by atoms with Crippen LogP contribution in [0.4, 0.5) is 5.69 Å². The minimum Gasteiger partial charge on any atom is -0.288 e.